The first-order valence-electron chi connectivity index (χ1n) is 4.63. The van der Waals surface area contributed by atoms with E-state index in [9.17, 15) is 9.18 Å². The van der Waals surface area contributed by atoms with E-state index in [1.165, 1.54) is 19.2 Å². The summed E-state index contributed by atoms with van der Waals surface area (Å²) in [6, 6.07) is 5.84. The third-order valence-corrected chi connectivity index (χ3v) is 2.77. The smallest absolute Gasteiger partial charge is 0.360 e. The lowest BCUT2D eigenvalue weighted by molar-refractivity contribution is 0.0589. The lowest BCUT2D eigenvalue weighted by atomic mass is 10.1. The van der Waals surface area contributed by atoms with E-state index >= 15 is 0 Å². The number of nitrogens with zero attached hydrogens (tertiary/aromatic N) is 1. The van der Waals surface area contributed by atoms with Gasteiger partial charge in [-0.25, -0.2) is 9.18 Å². The first-order valence-corrected chi connectivity index (χ1v) is 5.42. The van der Waals surface area contributed by atoms with E-state index in [4.69, 9.17) is 4.52 Å². The molecule has 0 bridgehead atoms. The Morgan fingerprint density at radius 2 is 2.29 bits per heavy atom. The van der Waals surface area contributed by atoms with Crippen molar-refractivity contribution in [2.75, 3.05) is 7.11 Å². The van der Waals surface area contributed by atoms with Gasteiger partial charge in [0.15, 0.2) is 11.5 Å². The van der Waals surface area contributed by atoms with E-state index in [0.29, 0.717) is 4.47 Å². The van der Waals surface area contributed by atoms with Gasteiger partial charge in [0.05, 0.1) is 12.7 Å². The molecule has 17 heavy (non-hydrogen) atoms. The van der Waals surface area contributed by atoms with Gasteiger partial charge < -0.3 is 9.26 Å². The Hall–Kier alpha value is -1.69. The average Bonchev–Trinajstić information content (AvgIpc) is 2.77. The van der Waals surface area contributed by atoms with Gasteiger partial charge in [0.2, 0.25) is 0 Å². The number of carbonyl (C=O) groups is 1. The molecule has 6 heteroatoms. The van der Waals surface area contributed by atoms with Crippen molar-refractivity contribution in [1.29, 1.82) is 0 Å². The van der Waals surface area contributed by atoms with E-state index < -0.39 is 11.8 Å². The van der Waals surface area contributed by atoms with Gasteiger partial charge in [-0.2, -0.15) is 0 Å². The molecule has 0 fully saturated rings. The summed E-state index contributed by atoms with van der Waals surface area (Å²) in [7, 11) is 1.23. The number of carbonyl (C=O) groups excluding carboxylic acids is 1. The van der Waals surface area contributed by atoms with Crippen LogP contribution >= 0.6 is 15.9 Å². The molecule has 2 aromatic rings. The lowest BCUT2D eigenvalue weighted by Gasteiger charge is -2.00. The molecule has 88 valence electrons. The summed E-state index contributed by atoms with van der Waals surface area (Å²) < 4.78 is 23.5. The van der Waals surface area contributed by atoms with E-state index in [2.05, 4.69) is 25.8 Å². The summed E-state index contributed by atoms with van der Waals surface area (Å²) >= 11 is 3.20. The maximum Gasteiger partial charge on any atom is 0.360 e. The van der Waals surface area contributed by atoms with Crippen molar-refractivity contribution in [3.05, 3.63) is 40.2 Å². The Bertz CT molecular complexity index is 547. The third-order valence-electron chi connectivity index (χ3n) is 2.11. The highest BCUT2D eigenvalue weighted by molar-refractivity contribution is 9.10. The predicted molar refractivity (Wildman–Crippen MR) is 60.9 cm³/mol. The van der Waals surface area contributed by atoms with Crippen molar-refractivity contribution in [3.63, 3.8) is 0 Å². The number of halogens is 2. The minimum absolute atomic E-state index is 0.00217. The number of methoxy groups -OCH3 is 1. The molecule has 1 heterocycles. The summed E-state index contributed by atoms with van der Waals surface area (Å²) in [6.45, 7) is 0. The summed E-state index contributed by atoms with van der Waals surface area (Å²) in [4.78, 5) is 11.2. The number of aromatic nitrogens is 1. The van der Waals surface area contributed by atoms with E-state index in [0.717, 1.165) is 0 Å². The van der Waals surface area contributed by atoms with Gasteiger partial charge in [0.25, 0.3) is 0 Å². The molecule has 1 aromatic carbocycles. The quantitative estimate of drug-likeness (QED) is 0.800. The molecule has 0 spiro atoms. The topological polar surface area (TPSA) is 52.3 Å². The zero-order chi connectivity index (χ0) is 12.4. The highest BCUT2D eigenvalue weighted by Gasteiger charge is 2.18. The molecule has 0 aliphatic rings. The maximum atomic E-state index is 13.6. The lowest BCUT2D eigenvalue weighted by Crippen LogP contribution is -2.00. The molecule has 0 aliphatic heterocycles. The standard InChI is InChI=1S/C11H7BrFNO3/c1-16-11(15)8-5-9(17-14-8)10-6(12)3-2-4-7(10)13/h2-5H,1H3. The monoisotopic (exact) mass is 299 g/mol. The number of hydrogen-bond acceptors (Lipinski definition) is 4. The number of esters is 1. The Balaban J connectivity index is 2.47. The number of benzene rings is 1. The second-order valence-electron chi connectivity index (χ2n) is 3.16. The van der Waals surface area contributed by atoms with Crippen molar-refractivity contribution in [2.24, 2.45) is 0 Å². The van der Waals surface area contributed by atoms with E-state index in [1.54, 1.807) is 12.1 Å². The van der Waals surface area contributed by atoms with Gasteiger partial charge >= 0.3 is 5.97 Å². The average molecular weight is 300 g/mol. The minimum atomic E-state index is -0.632. The van der Waals surface area contributed by atoms with Gasteiger partial charge in [0.1, 0.15) is 5.82 Å². The molecule has 0 saturated heterocycles. The SMILES string of the molecule is COC(=O)c1cc(-c2c(F)cccc2Br)on1. The van der Waals surface area contributed by atoms with Crippen molar-refractivity contribution in [2.45, 2.75) is 0 Å². The van der Waals surface area contributed by atoms with Crippen LogP contribution in [0.25, 0.3) is 11.3 Å². The number of rotatable bonds is 2. The molecular weight excluding hydrogens is 293 g/mol. The Morgan fingerprint density at radius 1 is 1.53 bits per heavy atom. The fourth-order valence-corrected chi connectivity index (χ4v) is 1.86. The first-order chi connectivity index (χ1) is 8.13. The predicted octanol–water partition coefficient (Wildman–Crippen LogP) is 3.03. The van der Waals surface area contributed by atoms with Crippen molar-refractivity contribution < 1.29 is 18.4 Å². The number of ether oxygens (including phenoxy) is 1. The van der Waals surface area contributed by atoms with Crippen LogP contribution in [0, 0.1) is 5.82 Å². The first kappa shape index (κ1) is 11.8. The van der Waals surface area contributed by atoms with Crippen LogP contribution < -0.4 is 0 Å². The molecule has 2 rings (SSSR count). The highest BCUT2D eigenvalue weighted by Crippen LogP contribution is 2.31. The van der Waals surface area contributed by atoms with Crippen molar-refractivity contribution in [3.8, 4) is 11.3 Å². The molecule has 0 atom stereocenters. The Kier molecular flexibility index (Phi) is 3.23. The van der Waals surface area contributed by atoms with Crippen molar-refractivity contribution in [1.82, 2.24) is 5.16 Å². The second kappa shape index (κ2) is 4.67. The van der Waals surface area contributed by atoms with Crippen LogP contribution in [-0.4, -0.2) is 18.2 Å². The zero-order valence-electron chi connectivity index (χ0n) is 8.74. The summed E-state index contributed by atoms with van der Waals surface area (Å²) in [6.07, 6.45) is 0. The molecule has 0 N–H and O–H groups in total. The molecule has 0 amide bonds. The molecule has 4 nitrogen and oxygen atoms in total. The summed E-state index contributed by atoms with van der Waals surface area (Å²) in [5, 5.41) is 3.51. The zero-order valence-corrected chi connectivity index (χ0v) is 10.3. The van der Waals surface area contributed by atoms with Crippen LogP contribution in [0.1, 0.15) is 10.5 Å². The van der Waals surface area contributed by atoms with Crippen LogP contribution in [0.3, 0.4) is 0 Å². The normalized spacial score (nSPS) is 10.3. The number of hydrogen-bond donors (Lipinski definition) is 0. The summed E-state index contributed by atoms with van der Waals surface area (Å²) in [5.74, 6) is -0.935. The molecule has 0 radical (unpaired) electrons. The third kappa shape index (κ3) is 2.21. The van der Waals surface area contributed by atoms with E-state index in [1.807, 2.05) is 0 Å². The largest absolute Gasteiger partial charge is 0.464 e. The fraction of sp³-hybridized carbons (Fsp3) is 0.0909. The van der Waals surface area contributed by atoms with Gasteiger partial charge in [-0.15, -0.1) is 0 Å². The van der Waals surface area contributed by atoms with Crippen LogP contribution in [0.5, 0.6) is 0 Å². The highest BCUT2D eigenvalue weighted by atomic mass is 79.9. The van der Waals surface area contributed by atoms with Crippen LogP contribution in [0.4, 0.5) is 4.39 Å². The van der Waals surface area contributed by atoms with Crippen molar-refractivity contribution >= 4 is 21.9 Å². The molecule has 1 aromatic heterocycles. The van der Waals surface area contributed by atoms with Crippen LogP contribution in [-0.2, 0) is 4.74 Å². The second-order valence-corrected chi connectivity index (χ2v) is 4.02. The minimum Gasteiger partial charge on any atom is -0.464 e. The van der Waals surface area contributed by atoms with Gasteiger partial charge in [-0.1, -0.05) is 11.2 Å². The van der Waals surface area contributed by atoms with E-state index in [-0.39, 0.29) is 17.0 Å². The molecular formula is C11H7BrFNO3. The molecule has 0 saturated carbocycles. The van der Waals surface area contributed by atoms with Gasteiger partial charge in [0, 0.05) is 10.5 Å². The van der Waals surface area contributed by atoms with Gasteiger partial charge in [-0.05, 0) is 28.1 Å². The molecule has 0 unspecified atom stereocenters. The fourth-order valence-electron chi connectivity index (χ4n) is 1.33. The Morgan fingerprint density at radius 3 is 2.94 bits per heavy atom. The Labute approximate surface area is 104 Å². The summed E-state index contributed by atoms with van der Waals surface area (Å²) in [5.41, 5.74) is 0.216. The molecule has 0 aliphatic carbocycles. The van der Waals surface area contributed by atoms with Crippen LogP contribution in [0.2, 0.25) is 0 Å². The maximum absolute atomic E-state index is 13.6. The van der Waals surface area contributed by atoms with Crippen LogP contribution in [0.15, 0.2) is 33.3 Å². The van der Waals surface area contributed by atoms with Gasteiger partial charge in [-0.3, -0.25) is 0 Å².